The van der Waals surface area contributed by atoms with Crippen LogP contribution >= 0.6 is 0 Å². The van der Waals surface area contributed by atoms with E-state index in [4.69, 9.17) is 0 Å². The number of dihydropyridines is 1. The fourth-order valence-electron chi connectivity index (χ4n) is 8.69. The van der Waals surface area contributed by atoms with Crippen LogP contribution in [-0.4, -0.2) is 21.5 Å². The summed E-state index contributed by atoms with van der Waals surface area (Å²) >= 11 is 0. The highest BCUT2D eigenvalue weighted by atomic mass is 14.8. The van der Waals surface area contributed by atoms with Crippen LogP contribution in [0.1, 0.15) is 5.56 Å². The molecule has 10 aromatic rings. The van der Waals surface area contributed by atoms with E-state index in [9.17, 15) is 0 Å². The molecule has 11 rings (SSSR count). The van der Waals surface area contributed by atoms with Crippen molar-refractivity contribution in [3.63, 3.8) is 0 Å². The Hall–Kier alpha value is -7.95. The Morgan fingerprint density at radius 3 is 1.30 bits per heavy atom. The van der Waals surface area contributed by atoms with Gasteiger partial charge >= 0.3 is 0 Å². The second kappa shape index (κ2) is 15.1. The van der Waals surface area contributed by atoms with Crippen LogP contribution in [0.4, 0.5) is 0 Å². The maximum absolute atomic E-state index is 4.66. The standard InChI is InChI=1S/C56H38N4/c1-2-13-53-51(11-1)52-12-3-4-14-54(52)56-32-43(15-16-55(53)56)46-28-44(39-7-5-9-41(25-39)49-30-47(33-59-35-49)37-17-21-57-22-18-37)27-45(29-46)40-8-6-10-42(26-40)50-31-48(34-60-36-50)38-19-23-58-24-20-38/h1-23,25-36,58H,24H2. The van der Waals surface area contributed by atoms with E-state index in [0.717, 1.165) is 73.3 Å². The predicted octanol–water partition coefficient (Wildman–Crippen LogP) is 13.8. The molecule has 4 heterocycles. The van der Waals surface area contributed by atoms with Gasteiger partial charge in [-0.25, -0.2) is 0 Å². The van der Waals surface area contributed by atoms with Crippen molar-refractivity contribution in [2.45, 2.75) is 0 Å². The molecular weight excluding hydrogens is 729 g/mol. The van der Waals surface area contributed by atoms with Crippen molar-refractivity contribution in [3.05, 3.63) is 219 Å². The van der Waals surface area contributed by atoms with Crippen LogP contribution in [0.5, 0.6) is 0 Å². The van der Waals surface area contributed by atoms with Gasteiger partial charge in [0.05, 0.1) is 0 Å². The highest BCUT2D eigenvalue weighted by Crippen LogP contribution is 2.40. The van der Waals surface area contributed by atoms with Crippen LogP contribution in [0.15, 0.2) is 213 Å². The Kier molecular flexibility index (Phi) is 8.86. The number of hydrogen-bond donors (Lipinski definition) is 1. The normalized spacial score (nSPS) is 12.4. The summed E-state index contributed by atoms with van der Waals surface area (Å²) in [5.74, 6) is 0. The van der Waals surface area contributed by atoms with E-state index in [1.807, 2.05) is 55.5 Å². The number of aromatic nitrogens is 3. The number of benzene rings is 7. The van der Waals surface area contributed by atoms with Crippen LogP contribution in [-0.2, 0) is 0 Å². The summed E-state index contributed by atoms with van der Waals surface area (Å²) in [4.78, 5) is 13.5. The lowest BCUT2D eigenvalue weighted by Crippen LogP contribution is -2.08. The van der Waals surface area contributed by atoms with E-state index < -0.39 is 0 Å². The van der Waals surface area contributed by atoms with Gasteiger partial charge in [-0.1, -0.05) is 103 Å². The van der Waals surface area contributed by atoms with Gasteiger partial charge in [0, 0.05) is 66.0 Å². The Morgan fingerprint density at radius 1 is 0.317 bits per heavy atom. The number of nitrogens with zero attached hydrogens (tertiary/aromatic N) is 3. The van der Waals surface area contributed by atoms with Crippen molar-refractivity contribution in [1.29, 1.82) is 0 Å². The van der Waals surface area contributed by atoms with Crippen molar-refractivity contribution in [2.24, 2.45) is 0 Å². The number of nitrogens with one attached hydrogen (secondary N) is 1. The molecule has 60 heavy (non-hydrogen) atoms. The molecule has 0 saturated carbocycles. The topological polar surface area (TPSA) is 50.7 Å². The van der Waals surface area contributed by atoms with E-state index in [1.54, 1.807) is 0 Å². The molecule has 0 atom stereocenters. The van der Waals surface area contributed by atoms with Gasteiger partial charge in [0.25, 0.3) is 0 Å². The van der Waals surface area contributed by atoms with Gasteiger partial charge in [0.1, 0.15) is 0 Å². The molecule has 0 saturated heterocycles. The van der Waals surface area contributed by atoms with Gasteiger partial charge in [-0.2, -0.15) is 0 Å². The van der Waals surface area contributed by atoms with Gasteiger partial charge in [0.2, 0.25) is 0 Å². The van der Waals surface area contributed by atoms with Crippen LogP contribution in [0.25, 0.3) is 105 Å². The van der Waals surface area contributed by atoms with Crippen LogP contribution in [0.3, 0.4) is 0 Å². The van der Waals surface area contributed by atoms with Crippen molar-refractivity contribution >= 4 is 37.9 Å². The van der Waals surface area contributed by atoms with Crippen molar-refractivity contribution in [1.82, 2.24) is 20.3 Å². The maximum Gasteiger partial charge on any atom is 0.0346 e. The summed E-state index contributed by atoms with van der Waals surface area (Å²) in [6, 6.07) is 57.7. The maximum atomic E-state index is 4.66. The molecule has 4 nitrogen and oxygen atoms in total. The van der Waals surface area contributed by atoms with Crippen molar-refractivity contribution < 1.29 is 0 Å². The number of allylic oxidation sites excluding steroid dienone is 2. The average Bonchev–Trinajstić information content (AvgIpc) is 3.34. The quantitative estimate of drug-likeness (QED) is 0.164. The molecule has 1 aliphatic heterocycles. The molecule has 0 bridgehead atoms. The zero-order valence-corrected chi connectivity index (χ0v) is 32.8. The zero-order chi connectivity index (χ0) is 39.8. The molecule has 0 aliphatic carbocycles. The summed E-state index contributed by atoms with van der Waals surface area (Å²) in [6.45, 7) is 0.812. The smallest absolute Gasteiger partial charge is 0.0346 e. The second-order valence-corrected chi connectivity index (χ2v) is 15.4. The second-order valence-electron chi connectivity index (χ2n) is 15.4. The highest BCUT2D eigenvalue weighted by molar-refractivity contribution is 6.25. The molecule has 1 aliphatic rings. The number of rotatable bonds is 7. The Bertz CT molecular complexity index is 3290. The third-order valence-corrected chi connectivity index (χ3v) is 11.7. The number of hydrogen-bond acceptors (Lipinski definition) is 4. The lowest BCUT2D eigenvalue weighted by molar-refractivity contribution is 0.975. The fraction of sp³-hybridized carbons (Fsp3) is 0.0179. The first-order chi connectivity index (χ1) is 29.7. The van der Waals surface area contributed by atoms with Gasteiger partial charge in [-0.3, -0.25) is 15.0 Å². The summed E-state index contributed by atoms with van der Waals surface area (Å²) in [5.41, 5.74) is 15.7. The van der Waals surface area contributed by atoms with Crippen LogP contribution in [0, 0.1) is 0 Å². The van der Waals surface area contributed by atoms with E-state index in [1.165, 1.54) is 43.5 Å². The molecule has 7 aromatic carbocycles. The Morgan fingerprint density at radius 2 is 0.750 bits per heavy atom. The Balaban J connectivity index is 1.07. The molecule has 0 radical (unpaired) electrons. The van der Waals surface area contributed by atoms with Gasteiger partial charge in [0.15, 0.2) is 0 Å². The highest BCUT2D eigenvalue weighted by Gasteiger charge is 2.14. The van der Waals surface area contributed by atoms with Gasteiger partial charge in [-0.15, -0.1) is 0 Å². The monoisotopic (exact) mass is 766 g/mol. The van der Waals surface area contributed by atoms with Crippen molar-refractivity contribution in [3.8, 4) is 66.8 Å². The largest absolute Gasteiger partial charge is 0.387 e. The predicted molar refractivity (Wildman–Crippen MR) is 250 cm³/mol. The van der Waals surface area contributed by atoms with E-state index in [0.29, 0.717) is 0 Å². The minimum Gasteiger partial charge on any atom is -0.387 e. The summed E-state index contributed by atoms with van der Waals surface area (Å²) in [7, 11) is 0. The van der Waals surface area contributed by atoms with E-state index in [2.05, 4.69) is 178 Å². The first kappa shape index (κ1) is 35.2. The third kappa shape index (κ3) is 6.60. The average molecular weight is 767 g/mol. The van der Waals surface area contributed by atoms with Crippen LogP contribution in [0.2, 0.25) is 0 Å². The van der Waals surface area contributed by atoms with E-state index in [-0.39, 0.29) is 0 Å². The number of pyridine rings is 3. The minimum atomic E-state index is 0.812. The van der Waals surface area contributed by atoms with Gasteiger partial charge < -0.3 is 5.32 Å². The minimum absolute atomic E-state index is 0.812. The summed E-state index contributed by atoms with van der Waals surface area (Å²) < 4.78 is 0. The molecule has 3 aromatic heterocycles. The zero-order valence-electron chi connectivity index (χ0n) is 32.8. The molecule has 0 fully saturated rings. The molecule has 4 heteroatoms. The lowest BCUT2D eigenvalue weighted by atomic mass is 9.89. The summed E-state index contributed by atoms with van der Waals surface area (Å²) in [5, 5.41) is 10.9. The Labute approximate surface area is 348 Å². The molecule has 282 valence electrons. The fourth-order valence-corrected chi connectivity index (χ4v) is 8.69. The lowest BCUT2D eigenvalue weighted by Gasteiger charge is -2.15. The van der Waals surface area contributed by atoms with Gasteiger partial charge in [-0.05, 0) is 161 Å². The molecular formula is C56H38N4. The van der Waals surface area contributed by atoms with Crippen LogP contribution < -0.4 is 5.32 Å². The first-order valence-corrected chi connectivity index (χ1v) is 20.3. The van der Waals surface area contributed by atoms with Crippen molar-refractivity contribution in [2.75, 3.05) is 6.54 Å². The number of fused-ring (bicyclic) bond motifs is 6. The SMILES string of the molecule is C1=CC(c2cncc(-c3cccc(-c4cc(-c5cccc(-c6cncc(-c7ccncc7)c6)c5)cc(-c5ccc6c7ccccc7c7ccccc7c6c5)c4)c3)c2)=CCN1. The molecule has 0 unspecified atom stereocenters. The molecule has 0 amide bonds. The first-order valence-electron chi connectivity index (χ1n) is 20.3. The summed E-state index contributed by atoms with van der Waals surface area (Å²) in [6.07, 6.45) is 17.7. The van der Waals surface area contributed by atoms with E-state index >= 15 is 0 Å². The molecule has 0 spiro atoms. The molecule has 1 N–H and O–H groups in total. The third-order valence-electron chi connectivity index (χ3n) is 11.7.